The highest BCUT2D eigenvalue weighted by Gasteiger charge is 2.10. The Morgan fingerprint density at radius 2 is 2.16 bits per heavy atom. The summed E-state index contributed by atoms with van der Waals surface area (Å²) in [4.78, 5) is 11.6. The van der Waals surface area contributed by atoms with Crippen LogP contribution in [0.1, 0.15) is 25.0 Å². The van der Waals surface area contributed by atoms with Gasteiger partial charge in [0.1, 0.15) is 0 Å². The van der Waals surface area contributed by atoms with Gasteiger partial charge in [-0.2, -0.15) is 0 Å². The smallest absolute Gasteiger partial charge is 0.230 e. The van der Waals surface area contributed by atoms with Gasteiger partial charge in [-0.3, -0.25) is 4.79 Å². The van der Waals surface area contributed by atoms with Gasteiger partial charge in [-0.1, -0.05) is 43.7 Å². The van der Waals surface area contributed by atoms with E-state index in [0.29, 0.717) is 12.3 Å². The highest BCUT2D eigenvalue weighted by Crippen LogP contribution is 2.13. The van der Waals surface area contributed by atoms with Crippen molar-refractivity contribution >= 4 is 17.7 Å². The van der Waals surface area contributed by atoms with Crippen LogP contribution < -0.4 is 5.32 Å². The van der Waals surface area contributed by atoms with Gasteiger partial charge in [-0.15, -0.1) is 11.8 Å². The van der Waals surface area contributed by atoms with E-state index in [1.807, 2.05) is 19.9 Å². The van der Waals surface area contributed by atoms with Gasteiger partial charge in [-0.25, -0.2) is 0 Å². The van der Waals surface area contributed by atoms with Crippen LogP contribution in [0.3, 0.4) is 0 Å². The summed E-state index contributed by atoms with van der Waals surface area (Å²) in [6.45, 7) is 6.27. The van der Waals surface area contributed by atoms with Gasteiger partial charge < -0.3 is 10.4 Å². The number of benzene rings is 1. The normalized spacial score (nSPS) is 12.5. The van der Waals surface area contributed by atoms with Gasteiger partial charge in [0.2, 0.25) is 5.91 Å². The minimum Gasteiger partial charge on any atom is -0.391 e. The van der Waals surface area contributed by atoms with Crippen LogP contribution in [-0.4, -0.2) is 29.4 Å². The molecule has 0 fully saturated rings. The van der Waals surface area contributed by atoms with Gasteiger partial charge in [0.25, 0.3) is 0 Å². The highest BCUT2D eigenvalue weighted by molar-refractivity contribution is 7.99. The van der Waals surface area contributed by atoms with Crippen molar-refractivity contribution in [3.8, 4) is 0 Å². The summed E-state index contributed by atoms with van der Waals surface area (Å²) in [6.07, 6.45) is -0.467. The number of aliphatic hydroxyl groups excluding tert-OH is 1. The second kappa shape index (κ2) is 8.23. The van der Waals surface area contributed by atoms with Gasteiger partial charge in [0.05, 0.1) is 11.9 Å². The fraction of sp³-hybridized carbons (Fsp3) is 0.533. The van der Waals surface area contributed by atoms with Gasteiger partial charge in [0, 0.05) is 12.3 Å². The van der Waals surface area contributed by atoms with Crippen LogP contribution >= 0.6 is 11.8 Å². The molecule has 0 heterocycles. The van der Waals surface area contributed by atoms with Crippen LogP contribution in [0.25, 0.3) is 0 Å². The Kier molecular flexibility index (Phi) is 6.95. The summed E-state index contributed by atoms with van der Waals surface area (Å²) < 4.78 is 0. The number of hydrogen-bond donors (Lipinski definition) is 2. The number of carbonyl (C=O) groups excluding carboxylic acids is 1. The molecule has 3 nitrogen and oxygen atoms in total. The van der Waals surface area contributed by atoms with Crippen molar-refractivity contribution in [3.63, 3.8) is 0 Å². The van der Waals surface area contributed by atoms with Crippen molar-refractivity contribution < 1.29 is 9.90 Å². The van der Waals surface area contributed by atoms with Crippen molar-refractivity contribution in [2.45, 2.75) is 32.6 Å². The van der Waals surface area contributed by atoms with E-state index in [4.69, 9.17) is 0 Å². The first-order chi connectivity index (χ1) is 8.99. The van der Waals surface area contributed by atoms with Crippen molar-refractivity contribution in [1.29, 1.82) is 0 Å². The molecule has 19 heavy (non-hydrogen) atoms. The molecule has 0 aliphatic rings. The number of hydrogen-bond acceptors (Lipinski definition) is 3. The van der Waals surface area contributed by atoms with Crippen molar-refractivity contribution in [2.24, 2.45) is 5.92 Å². The molecular formula is C15H23NO2S. The monoisotopic (exact) mass is 281 g/mol. The van der Waals surface area contributed by atoms with Gasteiger partial charge >= 0.3 is 0 Å². The first kappa shape index (κ1) is 16.1. The molecule has 0 aromatic heterocycles. The van der Waals surface area contributed by atoms with E-state index >= 15 is 0 Å². The molecule has 4 heteroatoms. The average molecular weight is 281 g/mol. The molecule has 0 radical (unpaired) electrons. The minimum absolute atomic E-state index is 0.0163. The fourth-order valence-corrected chi connectivity index (χ4v) is 2.37. The molecule has 0 spiro atoms. The Morgan fingerprint density at radius 3 is 2.79 bits per heavy atom. The Labute approximate surface area is 119 Å². The molecule has 1 aromatic rings. The Hall–Kier alpha value is -1.00. The predicted molar refractivity (Wildman–Crippen MR) is 81.2 cm³/mol. The molecule has 1 aromatic carbocycles. The predicted octanol–water partition coefficient (Wildman–Crippen LogP) is 2.36. The van der Waals surface area contributed by atoms with Crippen LogP contribution in [-0.2, 0) is 10.5 Å². The van der Waals surface area contributed by atoms with Crippen molar-refractivity contribution in [1.82, 2.24) is 5.32 Å². The second-order valence-corrected chi connectivity index (χ2v) is 6.08. The lowest BCUT2D eigenvalue weighted by molar-refractivity contribution is -0.119. The number of aliphatic hydroxyl groups is 1. The SMILES string of the molecule is Cc1cccc(CSCC(=O)NCC(O)C(C)C)c1. The topological polar surface area (TPSA) is 49.3 Å². The van der Waals surface area contributed by atoms with E-state index in [0.717, 1.165) is 5.75 Å². The fourth-order valence-electron chi connectivity index (χ4n) is 1.57. The molecule has 0 aliphatic heterocycles. The third kappa shape index (κ3) is 6.64. The molecule has 1 atom stereocenters. The van der Waals surface area contributed by atoms with Crippen molar-refractivity contribution in [2.75, 3.05) is 12.3 Å². The van der Waals surface area contributed by atoms with Crippen LogP contribution in [0.5, 0.6) is 0 Å². The maximum atomic E-state index is 11.6. The maximum absolute atomic E-state index is 11.6. The third-order valence-corrected chi connectivity index (χ3v) is 3.87. The summed E-state index contributed by atoms with van der Waals surface area (Å²) in [7, 11) is 0. The van der Waals surface area contributed by atoms with E-state index < -0.39 is 6.10 Å². The second-order valence-electron chi connectivity index (χ2n) is 5.10. The summed E-state index contributed by atoms with van der Waals surface area (Å²) >= 11 is 1.59. The lowest BCUT2D eigenvalue weighted by Crippen LogP contribution is -2.35. The average Bonchev–Trinajstić information content (AvgIpc) is 2.36. The first-order valence-corrected chi connectivity index (χ1v) is 7.72. The molecule has 2 N–H and O–H groups in total. The maximum Gasteiger partial charge on any atom is 0.230 e. The van der Waals surface area contributed by atoms with Gasteiger partial charge in [0.15, 0.2) is 0 Å². The largest absolute Gasteiger partial charge is 0.391 e. The molecule has 1 amide bonds. The number of nitrogens with one attached hydrogen (secondary N) is 1. The molecule has 0 saturated carbocycles. The number of thioether (sulfide) groups is 1. The Bertz CT molecular complexity index is 407. The molecule has 0 bridgehead atoms. The first-order valence-electron chi connectivity index (χ1n) is 6.57. The van der Waals surface area contributed by atoms with E-state index in [1.54, 1.807) is 11.8 Å². The number of carbonyl (C=O) groups is 1. The molecule has 1 rings (SSSR count). The lowest BCUT2D eigenvalue weighted by atomic mass is 10.1. The zero-order valence-electron chi connectivity index (χ0n) is 11.8. The summed E-state index contributed by atoms with van der Waals surface area (Å²) in [5.41, 5.74) is 2.47. The third-order valence-electron chi connectivity index (χ3n) is 2.86. The number of rotatable bonds is 7. The zero-order valence-corrected chi connectivity index (χ0v) is 12.7. The number of aryl methyl sites for hydroxylation is 1. The number of amides is 1. The van der Waals surface area contributed by atoms with Crippen LogP contribution in [0.2, 0.25) is 0 Å². The van der Waals surface area contributed by atoms with Crippen LogP contribution in [0.4, 0.5) is 0 Å². The summed E-state index contributed by atoms with van der Waals surface area (Å²) in [6, 6.07) is 8.30. The van der Waals surface area contributed by atoms with Crippen LogP contribution in [0.15, 0.2) is 24.3 Å². The standard InChI is InChI=1S/C15H23NO2S/c1-11(2)14(17)8-16-15(18)10-19-9-13-6-4-5-12(3)7-13/h4-7,11,14,17H,8-10H2,1-3H3,(H,16,18). The summed E-state index contributed by atoms with van der Waals surface area (Å²) in [5, 5.41) is 12.3. The van der Waals surface area contributed by atoms with E-state index in [9.17, 15) is 9.90 Å². The molecule has 1 unspecified atom stereocenters. The van der Waals surface area contributed by atoms with E-state index in [-0.39, 0.29) is 11.8 Å². The lowest BCUT2D eigenvalue weighted by Gasteiger charge is -2.14. The van der Waals surface area contributed by atoms with Gasteiger partial charge in [-0.05, 0) is 18.4 Å². The van der Waals surface area contributed by atoms with Crippen LogP contribution in [0, 0.1) is 12.8 Å². The molecular weight excluding hydrogens is 258 g/mol. The molecule has 0 aliphatic carbocycles. The zero-order chi connectivity index (χ0) is 14.3. The Balaban J connectivity index is 2.20. The Morgan fingerprint density at radius 1 is 1.42 bits per heavy atom. The van der Waals surface area contributed by atoms with E-state index in [1.165, 1.54) is 11.1 Å². The highest BCUT2D eigenvalue weighted by atomic mass is 32.2. The summed E-state index contributed by atoms with van der Waals surface area (Å²) in [5.74, 6) is 1.42. The molecule has 0 saturated heterocycles. The minimum atomic E-state index is -0.467. The van der Waals surface area contributed by atoms with Crippen molar-refractivity contribution in [3.05, 3.63) is 35.4 Å². The molecule has 106 valence electrons. The quantitative estimate of drug-likeness (QED) is 0.806. The van der Waals surface area contributed by atoms with E-state index in [2.05, 4.69) is 30.4 Å².